The van der Waals surface area contributed by atoms with E-state index < -0.39 is 5.91 Å². The van der Waals surface area contributed by atoms with E-state index in [0.717, 1.165) is 5.56 Å². The van der Waals surface area contributed by atoms with E-state index in [4.69, 9.17) is 5.73 Å². The summed E-state index contributed by atoms with van der Waals surface area (Å²) in [6.07, 6.45) is 3.49. The maximum atomic E-state index is 10.9. The van der Waals surface area contributed by atoms with Crippen molar-refractivity contribution in [2.75, 3.05) is 5.32 Å². The number of rotatable bonds is 4. The van der Waals surface area contributed by atoms with Gasteiger partial charge in [0.25, 0.3) is 5.91 Å². The molecule has 5 nitrogen and oxygen atoms in total. The Labute approximate surface area is 98.7 Å². The fraction of sp³-hybridized carbons (Fsp3) is 0.0833. The Morgan fingerprint density at radius 2 is 2.18 bits per heavy atom. The third kappa shape index (κ3) is 3.01. The number of carbonyl (C=O) groups excluding carboxylic acids is 1. The topological polar surface area (TPSA) is 80.9 Å². The van der Waals surface area contributed by atoms with Gasteiger partial charge in [0, 0.05) is 18.9 Å². The van der Waals surface area contributed by atoms with Crippen LogP contribution >= 0.6 is 0 Å². The monoisotopic (exact) mass is 228 g/mol. The van der Waals surface area contributed by atoms with Crippen molar-refractivity contribution in [2.24, 2.45) is 5.73 Å². The highest BCUT2D eigenvalue weighted by Crippen LogP contribution is 2.06. The number of pyridine rings is 2. The minimum absolute atomic E-state index is 0.251. The highest BCUT2D eigenvalue weighted by atomic mass is 16.1. The summed E-state index contributed by atoms with van der Waals surface area (Å²) in [5.41, 5.74) is 6.44. The molecule has 0 radical (unpaired) electrons. The van der Waals surface area contributed by atoms with Gasteiger partial charge in [-0.05, 0) is 23.8 Å². The lowest BCUT2D eigenvalue weighted by Gasteiger charge is -2.05. The summed E-state index contributed by atoms with van der Waals surface area (Å²) < 4.78 is 0. The lowest BCUT2D eigenvalue weighted by atomic mass is 10.3. The Morgan fingerprint density at radius 1 is 1.29 bits per heavy atom. The number of hydrogen-bond acceptors (Lipinski definition) is 4. The average molecular weight is 228 g/mol. The fourth-order valence-electron chi connectivity index (χ4n) is 1.37. The van der Waals surface area contributed by atoms with Crippen LogP contribution in [0.1, 0.15) is 16.1 Å². The van der Waals surface area contributed by atoms with Crippen molar-refractivity contribution in [3.63, 3.8) is 0 Å². The molecule has 0 spiro atoms. The van der Waals surface area contributed by atoms with Crippen LogP contribution in [-0.4, -0.2) is 15.9 Å². The van der Waals surface area contributed by atoms with Gasteiger partial charge in [-0.25, -0.2) is 4.98 Å². The van der Waals surface area contributed by atoms with Crippen molar-refractivity contribution >= 4 is 11.7 Å². The summed E-state index contributed by atoms with van der Waals surface area (Å²) in [5.74, 6) is 0.0835. The van der Waals surface area contributed by atoms with Crippen molar-refractivity contribution in [3.05, 3.63) is 54.0 Å². The lowest BCUT2D eigenvalue weighted by molar-refractivity contribution is 0.0995. The molecule has 0 aliphatic carbocycles. The molecule has 0 aliphatic rings. The van der Waals surface area contributed by atoms with Crippen molar-refractivity contribution in [1.82, 2.24) is 9.97 Å². The zero-order valence-electron chi connectivity index (χ0n) is 9.13. The third-order valence-electron chi connectivity index (χ3n) is 2.20. The van der Waals surface area contributed by atoms with E-state index in [2.05, 4.69) is 15.3 Å². The van der Waals surface area contributed by atoms with Crippen LogP contribution in [0.5, 0.6) is 0 Å². The number of hydrogen-bond donors (Lipinski definition) is 2. The van der Waals surface area contributed by atoms with Gasteiger partial charge in [-0.2, -0.15) is 0 Å². The van der Waals surface area contributed by atoms with Crippen LogP contribution in [0, 0.1) is 0 Å². The molecule has 0 atom stereocenters. The normalized spacial score (nSPS) is 9.88. The van der Waals surface area contributed by atoms with Gasteiger partial charge in [0.1, 0.15) is 11.5 Å². The summed E-state index contributed by atoms with van der Waals surface area (Å²) >= 11 is 0. The van der Waals surface area contributed by atoms with Gasteiger partial charge in [-0.1, -0.05) is 12.1 Å². The zero-order valence-corrected chi connectivity index (χ0v) is 9.13. The Balaban J connectivity index is 2.04. The molecule has 2 aromatic rings. The van der Waals surface area contributed by atoms with Crippen LogP contribution in [0.2, 0.25) is 0 Å². The van der Waals surface area contributed by atoms with E-state index in [1.54, 1.807) is 30.6 Å². The molecular weight excluding hydrogens is 216 g/mol. The minimum Gasteiger partial charge on any atom is -0.366 e. The van der Waals surface area contributed by atoms with Gasteiger partial charge in [0.15, 0.2) is 0 Å². The number of nitrogens with two attached hydrogens (primary N) is 1. The average Bonchev–Trinajstić information content (AvgIpc) is 2.38. The molecule has 0 saturated carbocycles. The third-order valence-corrected chi connectivity index (χ3v) is 2.20. The highest BCUT2D eigenvalue weighted by Gasteiger charge is 2.02. The molecule has 17 heavy (non-hydrogen) atoms. The number of carbonyl (C=O) groups is 1. The van der Waals surface area contributed by atoms with E-state index in [0.29, 0.717) is 12.4 Å². The van der Waals surface area contributed by atoms with Crippen LogP contribution in [0.3, 0.4) is 0 Å². The van der Waals surface area contributed by atoms with Crippen molar-refractivity contribution < 1.29 is 4.79 Å². The summed E-state index contributed by atoms with van der Waals surface area (Å²) in [7, 11) is 0. The maximum Gasteiger partial charge on any atom is 0.267 e. The van der Waals surface area contributed by atoms with E-state index in [1.807, 2.05) is 12.1 Å². The van der Waals surface area contributed by atoms with Crippen molar-refractivity contribution in [1.29, 1.82) is 0 Å². The van der Waals surface area contributed by atoms with Gasteiger partial charge in [0.2, 0.25) is 0 Å². The molecule has 0 unspecified atom stereocenters. The molecule has 0 bridgehead atoms. The van der Waals surface area contributed by atoms with Gasteiger partial charge in [-0.15, -0.1) is 0 Å². The molecule has 0 fully saturated rings. The molecular formula is C12H12N4O. The predicted molar refractivity (Wildman–Crippen MR) is 64.3 cm³/mol. The molecule has 86 valence electrons. The quantitative estimate of drug-likeness (QED) is 0.823. The van der Waals surface area contributed by atoms with E-state index >= 15 is 0 Å². The SMILES string of the molecule is NC(=O)c1cccc(NCc2cccnc2)n1. The summed E-state index contributed by atoms with van der Waals surface area (Å²) in [4.78, 5) is 19.0. The summed E-state index contributed by atoms with van der Waals surface area (Å²) in [6.45, 7) is 0.600. The zero-order chi connectivity index (χ0) is 12.1. The van der Waals surface area contributed by atoms with Crippen LogP contribution in [0.25, 0.3) is 0 Å². The molecule has 0 aliphatic heterocycles. The van der Waals surface area contributed by atoms with Gasteiger partial charge in [0.05, 0.1) is 0 Å². The number of nitrogens with one attached hydrogen (secondary N) is 1. The Hall–Kier alpha value is -2.43. The second-order valence-electron chi connectivity index (χ2n) is 3.49. The van der Waals surface area contributed by atoms with Crippen molar-refractivity contribution in [2.45, 2.75) is 6.54 Å². The van der Waals surface area contributed by atoms with Crippen LogP contribution < -0.4 is 11.1 Å². The second-order valence-corrected chi connectivity index (χ2v) is 3.49. The number of amides is 1. The van der Waals surface area contributed by atoms with Crippen LogP contribution in [0.4, 0.5) is 5.82 Å². The fourth-order valence-corrected chi connectivity index (χ4v) is 1.37. The number of aromatic nitrogens is 2. The smallest absolute Gasteiger partial charge is 0.267 e. The maximum absolute atomic E-state index is 10.9. The van der Waals surface area contributed by atoms with E-state index in [-0.39, 0.29) is 5.69 Å². The molecule has 2 rings (SSSR count). The van der Waals surface area contributed by atoms with Crippen LogP contribution in [-0.2, 0) is 6.54 Å². The molecule has 2 heterocycles. The van der Waals surface area contributed by atoms with Crippen LogP contribution in [0.15, 0.2) is 42.7 Å². The first-order valence-corrected chi connectivity index (χ1v) is 5.15. The van der Waals surface area contributed by atoms with E-state index in [1.165, 1.54) is 0 Å². The largest absolute Gasteiger partial charge is 0.366 e. The first kappa shape index (κ1) is 11.1. The molecule has 2 aromatic heterocycles. The highest BCUT2D eigenvalue weighted by molar-refractivity contribution is 5.91. The molecule has 0 aromatic carbocycles. The second kappa shape index (κ2) is 5.07. The standard InChI is InChI=1S/C12H12N4O/c13-12(17)10-4-1-5-11(16-10)15-8-9-3-2-6-14-7-9/h1-7H,8H2,(H2,13,17)(H,15,16). The molecule has 1 amide bonds. The predicted octanol–water partition coefficient (Wildman–Crippen LogP) is 1.19. The minimum atomic E-state index is -0.532. The van der Waals surface area contributed by atoms with Gasteiger partial charge in [-0.3, -0.25) is 9.78 Å². The lowest BCUT2D eigenvalue weighted by Crippen LogP contribution is -2.14. The number of anilines is 1. The van der Waals surface area contributed by atoms with Gasteiger partial charge < -0.3 is 11.1 Å². The Morgan fingerprint density at radius 3 is 2.88 bits per heavy atom. The first-order chi connectivity index (χ1) is 8.25. The molecule has 5 heteroatoms. The number of primary amides is 1. The molecule has 0 saturated heterocycles. The molecule has 3 N–H and O–H groups in total. The number of nitrogens with zero attached hydrogens (tertiary/aromatic N) is 2. The summed E-state index contributed by atoms with van der Waals surface area (Å²) in [6, 6.07) is 8.92. The first-order valence-electron chi connectivity index (χ1n) is 5.15. The van der Waals surface area contributed by atoms with Crippen molar-refractivity contribution in [3.8, 4) is 0 Å². The Bertz CT molecular complexity index is 513. The Kier molecular flexibility index (Phi) is 3.30. The summed E-state index contributed by atoms with van der Waals surface area (Å²) in [5, 5.41) is 3.10. The van der Waals surface area contributed by atoms with E-state index in [9.17, 15) is 4.79 Å². The van der Waals surface area contributed by atoms with Gasteiger partial charge >= 0.3 is 0 Å².